The fraction of sp³-hybridized carbons (Fsp3) is 0.263. The van der Waals surface area contributed by atoms with Crippen LogP contribution in [0.1, 0.15) is 23.7 Å². The van der Waals surface area contributed by atoms with E-state index in [-0.39, 0.29) is 11.8 Å². The van der Waals surface area contributed by atoms with E-state index in [9.17, 15) is 4.79 Å². The lowest BCUT2D eigenvalue weighted by Gasteiger charge is -2.26. The third-order valence-corrected chi connectivity index (χ3v) is 4.73. The van der Waals surface area contributed by atoms with Crippen molar-refractivity contribution in [2.24, 2.45) is 7.05 Å². The number of benzene rings is 2. The number of para-hydroxylation sites is 2. The van der Waals surface area contributed by atoms with Crippen molar-refractivity contribution in [2.75, 3.05) is 19.5 Å². The summed E-state index contributed by atoms with van der Waals surface area (Å²) in [5.41, 5.74) is 3.69. The summed E-state index contributed by atoms with van der Waals surface area (Å²) in [6, 6.07) is 11.7. The van der Waals surface area contributed by atoms with Crippen molar-refractivity contribution in [2.45, 2.75) is 12.3 Å². The normalized spacial score (nSPS) is 16.4. The molecule has 1 atom stereocenters. The quantitative estimate of drug-likeness (QED) is 0.798. The van der Waals surface area contributed by atoms with Crippen molar-refractivity contribution in [1.29, 1.82) is 0 Å². The summed E-state index contributed by atoms with van der Waals surface area (Å²) in [7, 11) is 5.17. The maximum Gasteiger partial charge on any atom is 0.225 e. The van der Waals surface area contributed by atoms with Crippen molar-refractivity contribution in [3.63, 3.8) is 0 Å². The van der Waals surface area contributed by atoms with Gasteiger partial charge in [-0.1, -0.05) is 12.1 Å². The molecule has 25 heavy (non-hydrogen) atoms. The van der Waals surface area contributed by atoms with Crippen LogP contribution >= 0.6 is 0 Å². The Balaban J connectivity index is 1.91. The molecular weight excluding hydrogens is 318 g/mol. The van der Waals surface area contributed by atoms with Gasteiger partial charge in [-0.05, 0) is 23.8 Å². The number of nitrogens with one attached hydrogen (secondary N) is 1. The molecule has 2 heterocycles. The number of fused-ring (bicyclic) bond motifs is 2. The van der Waals surface area contributed by atoms with E-state index < -0.39 is 0 Å². The molecule has 1 N–H and O–H groups in total. The number of aryl methyl sites for hydroxylation is 1. The van der Waals surface area contributed by atoms with Crippen molar-refractivity contribution in [3.8, 4) is 11.5 Å². The molecule has 0 radical (unpaired) electrons. The fourth-order valence-electron chi connectivity index (χ4n) is 3.49. The molecule has 0 saturated heterocycles. The predicted molar refractivity (Wildman–Crippen MR) is 95.3 cm³/mol. The van der Waals surface area contributed by atoms with Crippen molar-refractivity contribution in [3.05, 3.63) is 47.8 Å². The molecular formula is C19H19N3O3. The third-order valence-electron chi connectivity index (χ3n) is 4.73. The molecule has 0 bridgehead atoms. The standard InChI is InChI=1S/C19H19N3O3/c1-22-15-7-5-4-6-13(15)21-19(22)12-9-18(23)20-14-10-17(25-3)16(24-2)8-11(12)14/h4-8,10,12H,9H2,1-3H3,(H,20,23). The Labute approximate surface area is 145 Å². The summed E-state index contributed by atoms with van der Waals surface area (Å²) in [4.78, 5) is 17.0. The highest BCUT2D eigenvalue weighted by molar-refractivity contribution is 5.96. The number of aromatic nitrogens is 2. The minimum absolute atomic E-state index is 0.0308. The maximum atomic E-state index is 12.3. The van der Waals surface area contributed by atoms with Crippen LogP contribution in [0.4, 0.5) is 5.69 Å². The predicted octanol–water partition coefficient (Wildman–Crippen LogP) is 3.06. The van der Waals surface area contributed by atoms with Gasteiger partial charge in [0.15, 0.2) is 11.5 Å². The van der Waals surface area contributed by atoms with E-state index in [4.69, 9.17) is 14.5 Å². The van der Waals surface area contributed by atoms with E-state index in [1.165, 1.54) is 0 Å². The second-order valence-electron chi connectivity index (χ2n) is 6.12. The number of hydrogen-bond donors (Lipinski definition) is 1. The highest BCUT2D eigenvalue weighted by Crippen LogP contribution is 2.43. The van der Waals surface area contributed by atoms with Crippen LogP contribution in [0, 0.1) is 0 Å². The third kappa shape index (κ3) is 2.41. The molecule has 0 fully saturated rings. The summed E-state index contributed by atoms with van der Waals surface area (Å²) in [5.74, 6) is 1.93. The topological polar surface area (TPSA) is 65.4 Å². The lowest BCUT2D eigenvalue weighted by Crippen LogP contribution is -2.25. The van der Waals surface area contributed by atoms with Gasteiger partial charge >= 0.3 is 0 Å². The Bertz CT molecular complexity index is 977. The zero-order valence-corrected chi connectivity index (χ0v) is 14.4. The number of imidazole rings is 1. The molecule has 6 nitrogen and oxygen atoms in total. The Morgan fingerprint density at radius 2 is 1.88 bits per heavy atom. The first-order valence-electron chi connectivity index (χ1n) is 8.09. The molecule has 2 aromatic carbocycles. The van der Waals surface area contributed by atoms with Gasteiger partial charge in [0, 0.05) is 25.2 Å². The number of carbonyl (C=O) groups is 1. The van der Waals surface area contributed by atoms with Crippen molar-refractivity contribution in [1.82, 2.24) is 9.55 Å². The van der Waals surface area contributed by atoms with Crippen LogP contribution in [0.15, 0.2) is 36.4 Å². The Hall–Kier alpha value is -3.02. The van der Waals surface area contributed by atoms with E-state index in [0.717, 1.165) is 28.1 Å². The Morgan fingerprint density at radius 1 is 1.16 bits per heavy atom. The number of hydrogen-bond acceptors (Lipinski definition) is 4. The smallest absolute Gasteiger partial charge is 0.225 e. The molecule has 0 saturated carbocycles. The van der Waals surface area contributed by atoms with Crippen molar-refractivity contribution >= 4 is 22.6 Å². The van der Waals surface area contributed by atoms with E-state index in [2.05, 4.69) is 9.88 Å². The summed E-state index contributed by atoms with van der Waals surface area (Å²) in [6.07, 6.45) is 0.347. The van der Waals surface area contributed by atoms with Crippen LogP contribution in [0.25, 0.3) is 11.0 Å². The van der Waals surface area contributed by atoms with Gasteiger partial charge in [0.2, 0.25) is 5.91 Å². The summed E-state index contributed by atoms with van der Waals surface area (Å²) >= 11 is 0. The van der Waals surface area contributed by atoms with Gasteiger partial charge in [0.1, 0.15) is 5.82 Å². The van der Waals surface area contributed by atoms with Gasteiger partial charge in [-0.2, -0.15) is 0 Å². The summed E-state index contributed by atoms with van der Waals surface area (Å²) in [6.45, 7) is 0. The molecule has 6 heteroatoms. The van der Waals surface area contributed by atoms with Crippen LogP contribution < -0.4 is 14.8 Å². The Morgan fingerprint density at radius 3 is 2.60 bits per heavy atom. The molecule has 1 aromatic heterocycles. The molecule has 3 aromatic rings. The highest BCUT2D eigenvalue weighted by atomic mass is 16.5. The van der Waals surface area contributed by atoms with Gasteiger partial charge in [0.05, 0.1) is 31.2 Å². The second-order valence-corrected chi connectivity index (χ2v) is 6.12. The number of ether oxygens (including phenoxy) is 2. The van der Waals surface area contributed by atoms with Crippen LogP contribution in [-0.4, -0.2) is 29.7 Å². The lowest BCUT2D eigenvalue weighted by atomic mass is 9.89. The molecule has 1 amide bonds. The van der Waals surface area contributed by atoms with Crippen molar-refractivity contribution < 1.29 is 14.3 Å². The molecule has 0 spiro atoms. The maximum absolute atomic E-state index is 12.3. The van der Waals surface area contributed by atoms with Gasteiger partial charge in [-0.25, -0.2) is 4.98 Å². The van der Waals surface area contributed by atoms with Crippen LogP contribution in [0.2, 0.25) is 0 Å². The van der Waals surface area contributed by atoms with Crippen LogP contribution in [0.5, 0.6) is 11.5 Å². The molecule has 128 valence electrons. The molecule has 1 aliphatic heterocycles. The van der Waals surface area contributed by atoms with Gasteiger partial charge in [-0.15, -0.1) is 0 Å². The number of anilines is 1. The minimum Gasteiger partial charge on any atom is -0.493 e. The summed E-state index contributed by atoms with van der Waals surface area (Å²) in [5, 5.41) is 2.93. The largest absolute Gasteiger partial charge is 0.493 e. The van der Waals surface area contributed by atoms with Gasteiger partial charge < -0.3 is 19.4 Å². The van der Waals surface area contributed by atoms with E-state index in [1.807, 2.05) is 37.4 Å². The van der Waals surface area contributed by atoms with Gasteiger partial charge in [0.25, 0.3) is 0 Å². The average Bonchev–Trinajstić information content (AvgIpc) is 2.96. The highest BCUT2D eigenvalue weighted by Gasteiger charge is 2.31. The first kappa shape index (κ1) is 15.5. The fourth-order valence-corrected chi connectivity index (χ4v) is 3.49. The number of nitrogens with zero attached hydrogens (tertiary/aromatic N) is 2. The van der Waals surface area contributed by atoms with Gasteiger partial charge in [-0.3, -0.25) is 4.79 Å². The van der Waals surface area contributed by atoms with E-state index >= 15 is 0 Å². The summed E-state index contributed by atoms with van der Waals surface area (Å²) < 4.78 is 12.8. The van der Waals surface area contributed by atoms with Crippen LogP contribution in [-0.2, 0) is 11.8 Å². The number of carbonyl (C=O) groups excluding carboxylic acids is 1. The Kier molecular flexibility index (Phi) is 3.60. The first-order chi connectivity index (χ1) is 12.1. The monoisotopic (exact) mass is 337 g/mol. The second kappa shape index (κ2) is 5.81. The zero-order valence-electron chi connectivity index (χ0n) is 14.4. The molecule has 1 unspecified atom stereocenters. The first-order valence-corrected chi connectivity index (χ1v) is 8.09. The molecule has 4 rings (SSSR count). The molecule has 0 aliphatic carbocycles. The SMILES string of the molecule is COc1cc2c(cc1OC)C(c1nc3ccccc3n1C)CC(=O)N2. The number of rotatable bonds is 3. The van der Waals surface area contributed by atoms with E-state index in [0.29, 0.717) is 17.9 Å². The number of methoxy groups -OCH3 is 2. The minimum atomic E-state index is -0.138. The lowest BCUT2D eigenvalue weighted by molar-refractivity contribution is -0.116. The molecule has 1 aliphatic rings. The van der Waals surface area contributed by atoms with E-state index in [1.54, 1.807) is 20.3 Å². The van der Waals surface area contributed by atoms with Crippen LogP contribution in [0.3, 0.4) is 0 Å². The zero-order chi connectivity index (χ0) is 17.6. The average molecular weight is 337 g/mol. The number of amides is 1.